The molecule has 0 aliphatic carbocycles. The van der Waals surface area contributed by atoms with E-state index in [4.69, 9.17) is 14.2 Å². The van der Waals surface area contributed by atoms with E-state index in [0.717, 1.165) is 103 Å². The first-order valence-electron chi connectivity index (χ1n) is 27.7. The first-order valence-corrected chi connectivity index (χ1v) is 27.7. The lowest BCUT2D eigenvalue weighted by atomic mass is 10.0. The Bertz CT molecular complexity index is 1350. The van der Waals surface area contributed by atoms with Crippen LogP contribution in [-0.4, -0.2) is 37.2 Å². The molecule has 0 aliphatic heterocycles. The van der Waals surface area contributed by atoms with Crippen LogP contribution in [0.3, 0.4) is 0 Å². The number of unbranched alkanes of at least 4 members (excludes halogenated alkanes) is 22. The van der Waals surface area contributed by atoms with Crippen molar-refractivity contribution in [2.24, 2.45) is 0 Å². The number of carbonyl (C=O) groups excluding carboxylic acids is 3. The monoisotopic (exact) mass is 931 g/mol. The molecule has 0 aromatic heterocycles. The lowest BCUT2D eigenvalue weighted by Crippen LogP contribution is -2.30. The van der Waals surface area contributed by atoms with E-state index < -0.39 is 6.10 Å². The van der Waals surface area contributed by atoms with Crippen LogP contribution in [0.25, 0.3) is 0 Å². The molecule has 0 N–H and O–H groups in total. The van der Waals surface area contributed by atoms with E-state index in [1.165, 1.54) is 103 Å². The molecule has 382 valence electrons. The summed E-state index contributed by atoms with van der Waals surface area (Å²) in [6.45, 7) is 6.43. The van der Waals surface area contributed by atoms with Gasteiger partial charge in [-0.3, -0.25) is 14.4 Å². The van der Waals surface area contributed by atoms with Gasteiger partial charge in [-0.25, -0.2) is 0 Å². The Kier molecular flexibility index (Phi) is 51.9. The minimum Gasteiger partial charge on any atom is -0.462 e. The largest absolute Gasteiger partial charge is 0.462 e. The third-order valence-corrected chi connectivity index (χ3v) is 11.6. The Morgan fingerprint density at radius 2 is 0.612 bits per heavy atom. The van der Waals surface area contributed by atoms with E-state index in [1.807, 2.05) is 6.08 Å². The standard InChI is InChI=1S/C61H102O6/c1-4-7-10-13-16-19-22-25-28-29-30-31-34-36-39-42-45-48-51-54-60(63)66-57-58(67-61(64)55-52-49-46-43-40-37-33-27-24-21-18-15-12-9-6-3)56-65-59(62)53-50-47-44-41-38-35-32-26-23-20-17-14-11-8-5-2/h7,10,16,18-19,21,25,27-28,30-31,33,36,39,45,48,58H,4-6,8-9,11-15,17,20,22-24,26,29,32,34-35,37-38,40-44,46-47,49-57H2,1-3H3/b10-7+,19-16+,21-18+,28-25+,31-30+,33-27+,39-36+,48-45+/t58-/m1/s1. The van der Waals surface area contributed by atoms with Gasteiger partial charge in [0.25, 0.3) is 0 Å². The third kappa shape index (κ3) is 53.2. The van der Waals surface area contributed by atoms with Gasteiger partial charge in [-0.05, 0) is 89.9 Å². The number of carbonyl (C=O) groups is 3. The smallest absolute Gasteiger partial charge is 0.306 e. The first kappa shape index (κ1) is 63.3. The summed E-state index contributed by atoms with van der Waals surface area (Å²) in [6, 6.07) is 0. The minimum absolute atomic E-state index is 0.105. The van der Waals surface area contributed by atoms with Crippen LogP contribution < -0.4 is 0 Å². The fourth-order valence-electron chi connectivity index (χ4n) is 7.44. The van der Waals surface area contributed by atoms with Crippen molar-refractivity contribution in [2.75, 3.05) is 13.2 Å². The fraction of sp³-hybridized carbons (Fsp3) is 0.689. The van der Waals surface area contributed by atoms with Crippen LogP contribution in [0, 0.1) is 0 Å². The summed E-state index contributed by atoms with van der Waals surface area (Å²) in [6.07, 6.45) is 72.6. The van der Waals surface area contributed by atoms with Gasteiger partial charge in [-0.2, -0.15) is 0 Å². The predicted molar refractivity (Wildman–Crippen MR) is 288 cm³/mol. The normalized spacial score (nSPS) is 12.8. The molecule has 0 radical (unpaired) electrons. The van der Waals surface area contributed by atoms with Crippen LogP contribution in [-0.2, 0) is 28.6 Å². The first-order chi connectivity index (χ1) is 33.0. The topological polar surface area (TPSA) is 78.9 Å². The van der Waals surface area contributed by atoms with E-state index in [9.17, 15) is 14.4 Å². The van der Waals surface area contributed by atoms with Crippen molar-refractivity contribution in [3.8, 4) is 0 Å². The van der Waals surface area contributed by atoms with Gasteiger partial charge in [0.05, 0.1) is 0 Å². The zero-order valence-electron chi connectivity index (χ0n) is 43.6. The van der Waals surface area contributed by atoms with Crippen molar-refractivity contribution in [1.29, 1.82) is 0 Å². The van der Waals surface area contributed by atoms with Gasteiger partial charge in [0.15, 0.2) is 6.10 Å². The lowest BCUT2D eigenvalue weighted by molar-refractivity contribution is -0.166. The molecule has 0 heterocycles. The van der Waals surface area contributed by atoms with Gasteiger partial charge in [-0.15, -0.1) is 0 Å². The van der Waals surface area contributed by atoms with Crippen LogP contribution in [0.4, 0.5) is 0 Å². The van der Waals surface area contributed by atoms with Crippen LogP contribution in [0.15, 0.2) is 97.2 Å². The quantitative estimate of drug-likeness (QED) is 0.0262. The molecule has 6 nitrogen and oxygen atoms in total. The number of hydrogen-bond acceptors (Lipinski definition) is 6. The van der Waals surface area contributed by atoms with Gasteiger partial charge in [-0.1, -0.05) is 240 Å². The van der Waals surface area contributed by atoms with Crippen LogP contribution in [0.1, 0.15) is 252 Å². The maximum atomic E-state index is 12.8. The predicted octanol–water partition coefficient (Wildman–Crippen LogP) is 18.5. The second-order valence-electron chi connectivity index (χ2n) is 18.1. The van der Waals surface area contributed by atoms with E-state index in [2.05, 4.69) is 112 Å². The molecule has 0 unspecified atom stereocenters. The van der Waals surface area contributed by atoms with E-state index in [1.54, 1.807) is 0 Å². The molecule has 0 saturated carbocycles. The Morgan fingerprint density at radius 3 is 1.03 bits per heavy atom. The highest BCUT2D eigenvalue weighted by Crippen LogP contribution is 2.15. The lowest BCUT2D eigenvalue weighted by Gasteiger charge is -2.18. The van der Waals surface area contributed by atoms with Crippen LogP contribution in [0.5, 0.6) is 0 Å². The van der Waals surface area contributed by atoms with Crippen LogP contribution >= 0.6 is 0 Å². The fourth-order valence-corrected chi connectivity index (χ4v) is 7.44. The second-order valence-corrected chi connectivity index (χ2v) is 18.1. The number of esters is 3. The number of hydrogen-bond donors (Lipinski definition) is 0. The minimum atomic E-state index is -0.815. The number of ether oxygens (including phenoxy) is 3. The van der Waals surface area contributed by atoms with Crippen molar-refractivity contribution in [3.05, 3.63) is 97.2 Å². The van der Waals surface area contributed by atoms with Crippen molar-refractivity contribution in [1.82, 2.24) is 0 Å². The molecular weight excluding hydrogens is 829 g/mol. The molecule has 0 aromatic rings. The molecule has 0 aliphatic rings. The van der Waals surface area contributed by atoms with Gasteiger partial charge in [0.2, 0.25) is 0 Å². The van der Waals surface area contributed by atoms with Crippen molar-refractivity contribution < 1.29 is 28.6 Å². The Labute approximate surface area is 413 Å². The third-order valence-electron chi connectivity index (χ3n) is 11.6. The SMILES string of the molecule is CC/C=C/C/C=C/C/C=C/C/C=C/C/C=C/C/C=C/CCC(=O)OC[C@@H](COC(=O)CCCCCCCCCCCCCCCCC)OC(=O)CCCCCCC/C=C/C/C=C/CCCCC. The molecule has 0 saturated heterocycles. The average Bonchev–Trinajstić information content (AvgIpc) is 3.33. The zero-order chi connectivity index (χ0) is 48.6. The molecule has 0 amide bonds. The summed E-state index contributed by atoms with van der Waals surface area (Å²) >= 11 is 0. The van der Waals surface area contributed by atoms with Crippen molar-refractivity contribution in [3.63, 3.8) is 0 Å². The molecule has 0 aromatic carbocycles. The Hall–Kier alpha value is -3.67. The van der Waals surface area contributed by atoms with Crippen LogP contribution in [0.2, 0.25) is 0 Å². The van der Waals surface area contributed by atoms with Gasteiger partial charge in [0, 0.05) is 19.3 Å². The molecule has 67 heavy (non-hydrogen) atoms. The highest BCUT2D eigenvalue weighted by molar-refractivity contribution is 5.71. The molecule has 0 rings (SSSR count). The van der Waals surface area contributed by atoms with Crippen molar-refractivity contribution in [2.45, 2.75) is 258 Å². The van der Waals surface area contributed by atoms with Gasteiger partial charge < -0.3 is 14.2 Å². The molecule has 0 bridgehead atoms. The van der Waals surface area contributed by atoms with Gasteiger partial charge in [0.1, 0.15) is 13.2 Å². The summed E-state index contributed by atoms with van der Waals surface area (Å²) in [7, 11) is 0. The number of rotatable bonds is 49. The second kappa shape index (κ2) is 54.9. The summed E-state index contributed by atoms with van der Waals surface area (Å²) in [5, 5.41) is 0. The van der Waals surface area contributed by atoms with Crippen molar-refractivity contribution >= 4 is 17.9 Å². The molecule has 6 heteroatoms. The number of allylic oxidation sites excluding steroid dienone is 16. The maximum Gasteiger partial charge on any atom is 0.306 e. The van der Waals surface area contributed by atoms with E-state index in [-0.39, 0.29) is 37.5 Å². The van der Waals surface area contributed by atoms with E-state index in [0.29, 0.717) is 19.3 Å². The summed E-state index contributed by atoms with van der Waals surface area (Å²) in [5.74, 6) is -1.00. The zero-order valence-corrected chi connectivity index (χ0v) is 43.6. The molecular formula is C61H102O6. The molecule has 1 atom stereocenters. The summed E-state index contributed by atoms with van der Waals surface area (Å²) < 4.78 is 16.8. The summed E-state index contributed by atoms with van der Waals surface area (Å²) in [4.78, 5) is 38.1. The molecule has 0 fully saturated rings. The Morgan fingerprint density at radius 1 is 0.313 bits per heavy atom. The summed E-state index contributed by atoms with van der Waals surface area (Å²) in [5.41, 5.74) is 0. The average molecular weight is 931 g/mol. The van der Waals surface area contributed by atoms with E-state index >= 15 is 0 Å². The highest BCUT2D eigenvalue weighted by atomic mass is 16.6. The van der Waals surface area contributed by atoms with Gasteiger partial charge >= 0.3 is 17.9 Å². The molecule has 0 spiro atoms. The maximum absolute atomic E-state index is 12.8. The Balaban J connectivity index is 4.51. The highest BCUT2D eigenvalue weighted by Gasteiger charge is 2.19.